The van der Waals surface area contributed by atoms with Gasteiger partial charge in [-0.2, -0.15) is 37.2 Å². The predicted octanol–water partition coefficient (Wildman–Crippen LogP) is 1.33. The fourth-order valence-electron chi connectivity index (χ4n) is 3.12. The van der Waals surface area contributed by atoms with Gasteiger partial charge >= 0.3 is 10.4 Å². The third-order valence-corrected chi connectivity index (χ3v) is 8.00. The average Bonchev–Trinajstić information content (AvgIpc) is 3.16. The first-order chi connectivity index (χ1) is 17.1. The van der Waals surface area contributed by atoms with Crippen LogP contribution in [0.5, 0.6) is 5.75 Å². The molecule has 0 bridgehead atoms. The number of amides is 1. The number of hydrazone groups is 1. The molecule has 1 heterocycles. The van der Waals surface area contributed by atoms with E-state index in [-0.39, 0.29) is 32.5 Å². The van der Waals surface area contributed by atoms with E-state index in [1.807, 2.05) is 0 Å². The van der Waals surface area contributed by atoms with Gasteiger partial charge in [0.1, 0.15) is 11.4 Å². The molecule has 3 rings (SSSR count). The smallest absolute Gasteiger partial charge is 0.397 e. The van der Waals surface area contributed by atoms with Crippen LogP contribution in [0.3, 0.4) is 0 Å². The van der Waals surface area contributed by atoms with Gasteiger partial charge in [-0.15, -0.1) is 0 Å². The van der Waals surface area contributed by atoms with Crippen molar-refractivity contribution in [3.05, 3.63) is 42.0 Å². The highest BCUT2D eigenvalue weighted by Gasteiger charge is 2.30. The quantitative estimate of drug-likeness (QED) is 0.303. The summed E-state index contributed by atoms with van der Waals surface area (Å²) in [6, 6.07) is 6.07. The Kier molecular flexibility index (Phi) is 8.10. The summed E-state index contributed by atoms with van der Waals surface area (Å²) < 4.78 is 95.7. The van der Waals surface area contributed by atoms with E-state index >= 15 is 0 Å². The number of rotatable bonds is 10. The van der Waals surface area contributed by atoms with Gasteiger partial charge in [-0.3, -0.25) is 13.9 Å². The summed E-state index contributed by atoms with van der Waals surface area (Å²) in [5, 5.41) is 12.8. The summed E-state index contributed by atoms with van der Waals surface area (Å²) in [4.78, 5) is 12.1. The average molecular weight is 577 g/mol. The van der Waals surface area contributed by atoms with Crippen LogP contribution in [0.25, 0.3) is 0 Å². The number of hydrogen-bond donors (Lipinski definition) is 2. The first-order valence-electron chi connectivity index (χ1n) is 10.0. The van der Waals surface area contributed by atoms with E-state index in [9.17, 15) is 30.0 Å². The van der Waals surface area contributed by atoms with E-state index in [1.165, 1.54) is 38.4 Å². The Labute approximate surface area is 212 Å². The van der Waals surface area contributed by atoms with Crippen molar-refractivity contribution in [1.29, 1.82) is 0 Å². The van der Waals surface area contributed by atoms with Gasteiger partial charge in [0, 0.05) is 6.07 Å². The summed E-state index contributed by atoms with van der Waals surface area (Å²) >= 11 is 0. The lowest BCUT2D eigenvalue weighted by Crippen LogP contribution is -2.28. The fourth-order valence-corrected chi connectivity index (χ4v) is 5.36. The Morgan fingerprint density at radius 1 is 1.05 bits per heavy atom. The normalized spacial score (nSPS) is 16.6. The van der Waals surface area contributed by atoms with Crippen LogP contribution in [0.2, 0.25) is 0 Å². The Morgan fingerprint density at radius 3 is 2.27 bits per heavy atom. The summed E-state index contributed by atoms with van der Waals surface area (Å²) in [5.41, 5.74) is 0.520. The maximum absolute atomic E-state index is 12.7. The van der Waals surface area contributed by atoms with Gasteiger partial charge in [-0.1, -0.05) is 0 Å². The van der Waals surface area contributed by atoms with Crippen molar-refractivity contribution >= 4 is 53.9 Å². The second-order valence-corrected chi connectivity index (χ2v) is 12.0. The van der Waals surface area contributed by atoms with Crippen molar-refractivity contribution in [2.24, 2.45) is 15.3 Å². The van der Waals surface area contributed by atoms with Gasteiger partial charge in [0.05, 0.1) is 41.2 Å². The van der Waals surface area contributed by atoms with Crippen molar-refractivity contribution in [3.63, 3.8) is 0 Å². The molecule has 200 valence electrons. The van der Waals surface area contributed by atoms with Crippen molar-refractivity contribution in [2.75, 3.05) is 24.5 Å². The molecule has 1 aliphatic rings. The van der Waals surface area contributed by atoms with E-state index in [0.29, 0.717) is 0 Å². The molecule has 1 aliphatic heterocycles. The molecule has 18 heteroatoms. The van der Waals surface area contributed by atoms with Gasteiger partial charge in [0.15, 0.2) is 15.9 Å². The number of ether oxygens (including phenoxy) is 1. The molecule has 0 saturated heterocycles. The topological polar surface area (TPSA) is 219 Å². The minimum atomic E-state index is -4.80. The Balaban J connectivity index is 1.78. The number of sulfone groups is 1. The highest BCUT2D eigenvalue weighted by Crippen LogP contribution is 2.34. The molecule has 0 saturated carbocycles. The molecule has 2 aromatic carbocycles. The summed E-state index contributed by atoms with van der Waals surface area (Å²) in [7, 11) is -12.0. The van der Waals surface area contributed by atoms with Crippen molar-refractivity contribution in [3.8, 4) is 5.75 Å². The van der Waals surface area contributed by atoms with E-state index in [4.69, 9.17) is 13.8 Å². The van der Waals surface area contributed by atoms with Crippen LogP contribution in [-0.2, 0) is 39.3 Å². The molecule has 15 nitrogen and oxygen atoms in total. The van der Waals surface area contributed by atoms with Gasteiger partial charge in [-0.25, -0.2) is 12.6 Å². The number of carbonyl (C=O) groups excluding carboxylic acids is 1. The maximum Gasteiger partial charge on any atom is 0.397 e. The van der Waals surface area contributed by atoms with Crippen LogP contribution >= 0.6 is 0 Å². The van der Waals surface area contributed by atoms with E-state index < -0.39 is 54.7 Å². The Morgan fingerprint density at radius 2 is 1.70 bits per heavy atom. The Bertz CT molecular complexity index is 1580. The highest BCUT2D eigenvalue weighted by molar-refractivity contribution is 7.91. The zero-order valence-electron chi connectivity index (χ0n) is 19.1. The largest absolute Gasteiger partial charge is 0.494 e. The number of benzene rings is 2. The number of nitrogens with zero attached hydrogens (tertiary/aromatic N) is 4. The molecule has 0 aromatic heterocycles. The summed E-state index contributed by atoms with van der Waals surface area (Å²) in [5.74, 6) is -1.37. The zero-order valence-corrected chi connectivity index (χ0v) is 21.6. The molecule has 1 unspecified atom stereocenters. The number of methoxy groups -OCH3 is 1. The van der Waals surface area contributed by atoms with E-state index in [1.54, 1.807) is 0 Å². The lowest BCUT2D eigenvalue weighted by Gasteiger charge is -2.13. The standard InChI is InChI=1S/C19H20N4O11S3/c1-12-9-15(17(33-2)10-18(12)35(25,26)8-7-34-37(30,31)32)21-22-16-11-20-23(19(16)24)13-3-5-14(6-4-13)36(27,28)29/h3-6,9-11,16H,7-8H2,1-2H3,(H,27,28,29)(H,30,31,32). The SMILES string of the molecule is COc1cc(S(=O)(=O)CCOS(=O)(=O)O)c(C)cc1N=NC1C=NN(c2ccc(S(=O)(=O)O)cc2)C1=O. The third kappa shape index (κ3) is 6.93. The molecule has 2 aromatic rings. The number of anilines is 1. The van der Waals surface area contributed by atoms with Crippen LogP contribution in [0.15, 0.2) is 61.5 Å². The number of azo groups is 1. The van der Waals surface area contributed by atoms with Gasteiger partial charge < -0.3 is 4.74 Å². The van der Waals surface area contributed by atoms with Gasteiger partial charge in [0.25, 0.3) is 16.0 Å². The lowest BCUT2D eigenvalue weighted by atomic mass is 10.2. The monoisotopic (exact) mass is 576 g/mol. The molecule has 1 atom stereocenters. The predicted molar refractivity (Wildman–Crippen MR) is 128 cm³/mol. The minimum absolute atomic E-state index is 0.0105. The molecule has 0 radical (unpaired) electrons. The first kappa shape index (κ1) is 28.3. The van der Waals surface area contributed by atoms with Crippen LogP contribution in [0, 0.1) is 6.92 Å². The van der Waals surface area contributed by atoms with Gasteiger partial charge in [0.2, 0.25) is 0 Å². The summed E-state index contributed by atoms with van der Waals surface area (Å²) in [6.07, 6.45) is 1.19. The summed E-state index contributed by atoms with van der Waals surface area (Å²) in [6.45, 7) is 0.650. The van der Waals surface area contributed by atoms with Crippen molar-refractivity contribution in [2.45, 2.75) is 22.8 Å². The number of aryl methyl sites for hydroxylation is 1. The van der Waals surface area contributed by atoms with E-state index in [2.05, 4.69) is 19.5 Å². The molecule has 1 amide bonds. The van der Waals surface area contributed by atoms with Crippen LogP contribution < -0.4 is 9.75 Å². The minimum Gasteiger partial charge on any atom is -0.494 e. The third-order valence-electron chi connectivity index (χ3n) is 4.85. The molecular formula is C19H20N4O11S3. The molecule has 0 spiro atoms. The van der Waals surface area contributed by atoms with Crippen LogP contribution in [0.4, 0.5) is 11.4 Å². The van der Waals surface area contributed by atoms with Crippen molar-refractivity contribution in [1.82, 2.24) is 0 Å². The van der Waals surface area contributed by atoms with Crippen molar-refractivity contribution < 1.29 is 48.1 Å². The maximum atomic E-state index is 12.7. The van der Waals surface area contributed by atoms with Crippen LogP contribution in [0.1, 0.15) is 5.56 Å². The second-order valence-electron chi connectivity index (χ2n) is 7.40. The Hall–Kier alpha value is -3.29. The lowest BCUT2D eigenvalue weighted by molar-refractivity contribution is -0.117. The molecular weight excluding hydrogens is 556 g/mol. The first-order valence-corrected chi connectivity index (χ1v) is 14.5. The molecule has 0 aliphatic carbocycles. The molecule has 37 heavy (non-hydrogen) atoms. The highest BCUT2D eigenvalue weighted by atomic mass is 32.3. The zero-order chi connectivity index (χ0) is 27.6. The molecule has 0 fully saturated rings. The van der Waals surface area contributed by atoms with Gasteiger partial charge in [-0.05, 0) is 42.8 Å². The second kappa shape index (κ2) is 10.6. The number of carbonyl (C=O) groups is 1. The van der Waals surface area contributed by atoms with E-state index in [0.717, 1.165) is 23.2 Å². The fraction of sp³-hybridized carbons (Fsp3) is 0.263. The van der Waals surface area contributed by atoms with Crippen LogP contribution in [-0.4, -0.2) is 72.0 Å². The molecule has 2 N–H and O–H groups in total. The number of hydrogen-bond acceptors (Lipinski definition) is 12.